The van der Waals surface area contributed by atoms with Crippen LogP contribution in [0, 0.1) is 5.41 Å². The van der Waals surface area contributed by atoms with Gasteiger partial charge in [-0.2, -0.15) is 0 Å². The fourth-order valence-electron chi connectivity index (χ4n) is 2.16. The van der Waals surface area contributed by atoms with Gasteiger partial charge < -0.3 is 5.11 Å². The summed E-state index contributed by atoms with van der Waals surface area (Å²) in [6, 6.07) is 0. The van der Waals surface area contributed by atoms with E-state index in [1.807, 2.05) is 6.92 Å². The molecule has 0 aromatic heterocycles. The molecule has 1 unspecified atom stereocenters. The Hall–Kier alpha value is -0.0800. The molecule has 2 nitrogen and oxygen atoms in total. The van der Waals surface area contributed by atoms with Crippen molar-refractivity contribution in [3.8, 4) is 0 Å². The lowest BCUT2D eigenvalue weighted by molar-refractivity contribution is -0.0328. The molecule has 0 spiro atoms. The van der Waals surface area contributed by atoms with Crippen molar-refractivity contribution >= 4 is 0 Å². The Kier molecular flexibility index (Phi) is 3.74. The average Bonchev–Trinajstić information content (AvgIpc) is 2.10. The van der Waals surface area contributed by atoms with Crippen molar-refractivity contribution in [3.63, 3.8) is 0 Å². The molecular weight excluding hydrogens is 162 g/mol. The van der Waals surface area contributed by atoms with E-state index in [9.17, 15) is 5.11 Å². The lowest BCUT2D eigenvalue weighted by Crippen LogP contribution is -2.57. The lowest BCUT2D eigenvalue weighted by Gasteiger charge is -2.50. The van der Waals surface area contributed by atoms with E-state index in [1.54, 1.807) is 0 Å². The molecule has 78 valence electrons. The SMILES string of the molecule is CCC(O)CN1CC(CC)(CC)C1. The molecule has 1 saturated heterocycles. The van der Waals surface area contributed by atoms with E-state index in [2.05, 4.69) is 18.7 Å². The second kappa shape index (κ2) is 4.43. The molecule has 2 heteroatoms. The van der Waals surface area contributed by atoms with Crippen LogP contribution in [0.5, 0.6) is 0 Å². The molecule has 1 fully saturated rings. The Balaban J connectivity index is 2.24. The predicted octanol–water partition coefficient (Wildman–Crippen LogP) is 1.88. The molecule has 0 aliphatic carbocycles. The van der Waals surface area contributed by atoms with Crippen molar-refractivity contribution in [2.24, 2.45) is 5.41 Å². The highest BCUT2D eigenvalue weighted by molar-refractivity contribution is 4.93. The topological polar surface area (TPSA) is 23.5 Å². The number of hydrogen-bond donors (Lipinski definition) is 1. The summed E-state index contributed by atoms with van der Waals surface area (Å²) in [5.74, 6) is 0. The van der Waals surface area contributed by atoms with Crippen molar-refractivity contribution in [1.29, 1.82) is 0 Å². The maximum atomic E-state index is 9.47. The van der Waals surface area contributed by atoms with E-state index in [1.165, 1.54) is 25.9 Å². The van der Waals surface area contributed by atoms with Crippen LogP contribution in [-0.4, -0.2) is 35.7 Å². The fourth-order valence-corrected chi connectivity index (χ4v) is 2.16. The van der Waals surface area contributed by atoms with Crippen LogP contribution in [0.25, 0.3) is 0 Å². The van der Waals surface area contributed by atoms with Gasteiger partial charge in [0.2, 0.25) is 0 Å². The van der Waals surface area contributed by atoms with Gasteiger partial charge in [0.15, 0.2) is 0 Å². The van der Waals surface area contributed by atoms with Crippen LogP contribution in [0.2, 0.25) is 0 Å². The van der Waals surface area contributed by atoms with Crippen LogP contribution in [0.1, 0.15) is 40.0 Å². The first-order valence-electron chi connectivity index (χ1n) is 5.56. The zero-order chi connectivity index (χ0) is 9.90. The summed E-state index contributed by atoms with van der Waals surface area (Å²) >= 11 is 0. The Bertz CT molecular complexity index is 146. The smallest absolute Gasteiger partial charge is 0.0664 e. The molecule has 1 atom stereocenters. The predicted molar refractivity (Wildman–Crippen MR) is 55.8 cm³/mol. The number of nitrogens with zero attached hydrogens (tertiary/aromatic N) is 1. The highest BCUT2D eigenvalue weighted by atomic mass is 16.3. The number of hydrogen-bond acceptors (Lipinski definition) is 2. The fraction of sp³-hybridized carbons (Fsp3) is 1.00. The van der Waals surface area contributed by atoms with Crippen LogP contribution in [0.4, 0.5) is 0 Å². The van der Waals surface area contributed by atoms with Crippen LogP contribution in [-0.2, 0) is 0 Å². The Labute approximate surface area is 81.9 Å². The van der Waals surface area contributed by atoms with Gasteiger partial charge in [-0.15, -0.1) is 0 Å². The number of rotatable bonds is 5. The Morgan fingerprint density at radius 3 is 2.15 bits per heavy atom. The van der Waals surface area contributed by atoms with Crippen molar-refractivity contribution in [2.75, 3.05) is 19.6 Å². The minimum Gasteiger partial charge on any atom is -0.392 e. The third kappa shape index (κ3) is 2.44. The summed E-state index contributed by atoms with van der Waals surface area (Å²) in [7, 11) is 0. The largest absolute Gasteiger partial charge is 0.392 e. The molecule has 0 bridgehead atoms. The molecule has 1 N–H and O–H groups in total. The molecule has 0 radical (unpaired) electrons. The van der Waals surface area contributed by atoms with Gasteiger partial charge in [0.05, 0.1) is 6.10 Å². The molecule has 0 aromatic carbocycles. The molecular formula is C11H23NO. The third-order valence-corrected chi connectivity index (χ3v) is 3.56. The maximum Gasteiger partial charge on any atom is 0.0664 e. The summed E-state index contributed by atoms with van der Waals surface area (Å²) in [6.45, 7) is 9.85. The molecule has 0 amide bonds. The van der Waals surface area contributed by atoms with E-state index in [0.717, 1.165) is 13.0 Å². The van der Waals surface area contributed by atoms with Crippen LogP contribution in [0.15, 0.2) is 0 Å². The number of β-amino-alcohol motifs (C(OH)–C–C–N with tert-alkyl or cyclic N) is 1. The highest BCUT2D eigenvalue weighted by Gasteiger charge is 2.39. The van der Waals surface area contributed by atoms with Gasteiger partial charge >= 0.3 is 0 Å². The maximum absolute atomic E-state index is 9.47. The van der Waals surface area contributed by atoms with Crippen molar-refractivity contribution in [2.45, 2.75) is 46.1 Å². The molecule has 1 aliphatic rings. The van der Waals surface area contributed by atoms with Gasteiger partial charge in [0.25, 0.3) is 0 Å². The van der Waals surface area contributed by atoms with E-state index in [-0.39, 0.29) is 6.10 Å². The zero-order valence-electron chi connectivity index (χ0n) is 9.21. The molecule has 0 saturated carbocycles. The first-order valence-corrected chi connectivity index (χ1v) is 5.56. The third-order valence-electron chi connectivity index (χ3n) is 3.56. The standard InChI is InChI=1S/C11H23NO/c1-4-10(13)7-12-8-11(5-2,6-3)9-12/h10,13H,4-9H2,1-3H3. The summed E-state index contributed by atoms with van der Waals surface area (Å²) in [5, 5.41) is 9.47. The van der Waals surface area contributed by atoms with Crippen LogP contribution < -0.4 is 0 Å². The summed E-state index contributed by atoms with van der Waals surface area (Å²) in [4.78, 5) is 2.38. The first-order chi connectivity index (χ1) is 6.15. The van der Waals surface area contributed by atoms with Crippen molar-refractivity contribution in [3.05, 3.63) is 0 Å². The van der Waals surface area contributed by atoms with E-state index in [0.29, 0.717) is 5.41 Å². The minimum absolute atomic E-state index is 0.119. The monoisotopic (exact) mass is 185 g/mol. The second-order valence-electron chi connectivity index (χ2n) is 4.44. The van der Waals surface area contributed by atoms with E-state index < -0.39 is 0 Å². The van der Waals surface area contributed by atoms with Gasteiger partial charge in [0.1, 0.15) is 0 Å². The quantitative estimate of drug-likeness (QED) is 0.707. The molecule has 1 aliphatic heterocycles. The van der Waals surface area contributed by atoms with Gasteiger partial charge in [-0.1, -0.05) is 20.8 Å². The summed E-state index contributed by atoms with van der Waals surface area (Å²) in [6.07, 6.45) is 3.32. The molecule has 0 aromatic rings. The van der Waals surface area contributed by atoms with Crippen LogP contribution >= 0.6 is 0 Å². The lowest BCUT2D eigenvalue weighted by atomic mass is 9.75. The number of likely N-dealkylation sites (tertiary alicyclic amines) is 1. The molecule has 13 heavy (non-hydrogen) atoms. The Morgan fingerprint density at radius 1 is 1.23 bits per heavy atom. The van der Waals surface area contributed by atoms with Gasteiger partial charge in [-0.3, -0.25) is 4.90 Å². The minimum atomic E-state index is -0.119. The van der Waals surface area contributed by atoms with E-state index >= 15 is 0 Å². The van der Waals surface area contributed by atoms with Crippen molar-refractivity contribution in [1.82, 2.24) is 4.90 Å². The normalized spacial score (nSPS) is 24.0. The zero-order valence-corrected chi connectivity index (χ0v) is 9.21. The van der Waals surface area contributed by atoms with Crippen molar-refractivity contribution < 1.29 is 5.11 Å². The van der Waals surface area contributed by atoms with Crippen LogP contribution in [0.3, 0.4) is 0 Å². The number of aliphatic hydroxyl groups excluding tert-OH is 1. The Morgan fingerprint density at radius 2 is 1.77 bits per heavy atom. The first kappa shape index (κ1) is 11.0. The van der Waals surface area contributed by atoms with Gasteiger partial charge in [-0.25, -0.2) is 0 Å². The van der Waals surface area contributed by atoms with E-state index in [4.69, 9.17) is 0 Å². The number of aliphatic hydroxyl groups is 1. The van der Waals surface area contributed by atoms with Gasteiger partial charge in [0, 0.05) is 19.6 Å². The highest BCUT2D eigenvalue weighted by Crippen LogP contribution is 2.36. The van der Waals surface area contributed by atoms with Gasteiger partial charge in [-0.05, 0) is 24.7 Å². The average molecular weight is 185 g/mol. The summed E-state index contributed by atoms with van der Waals surface area (Å²) < 4.78 is 0. The summed E-state index contributed by atoms with van der Waals surface area (Å²) in [5.41, 5.74) is 0.577. The molecule has 1 rings (SSSR count). The molecule has 1 heterocycles. The second-order valence-corrected chi connectivity index (χ2v) is 4.44.